The van der Waals surface area contributed by atoms with E-state index in [-0.39, 0.29) is 16.2 Å². The maximum absolute atomic E-state index is 12.3. The normalized spacial score (nSPS) is 11.4. The van der Waals surface area contributed by atoms with Crippen LogP contribution in [-0.4, -0.2) is 39.9 Å². The van der Waals surface area contributed by atoms with Crippen molar-refractivity contribution in [2.75, 3.05) is 21.2 Å². The zero-order chi connectivity index (χ0) is 17.9. The van der Waals surface area contributed by atoms with Crippen LogP contribution in [0.2, 0.25) is 0 Å². The molecular formula is C17H19NO5S. The summed E-state index contributed by atoms with van der Waals surface area (Å²) in [7, 11) is 0.715. The molecule has 0 atom stereocenters. The first kappa shape index (κ1) is 18.0. The summed E-state index contributed by atoms with van der Waals surface area (Å²) in [5.74, 6) is 0.0438. The zero-order valence-electron chi connectivity index (χ0n) is 13.9. The second-order valence-corrected chi connectivity index (χ2v) is 7.51. The second-order valence-electron chi connectivity index (χ2n) is 5.36. The number of sulfonamides is 1. The molecule has 24 heavy (non-hydrogen) atoms. The van der Waals surface area contributed by atoms with E-state index in [0.29, 0.717) is 5.75 Å². The van der Waals surface area contributed by atoms with Crippen molar-refractivity contribution < 1.29 is 22.7 Å². The van der Waals surface area contributed by atoms with Crippen molar-refractivity contribution in [1.29, 1.82) is 0 Å². The molecule has 0 bridgehead atoms. The first-order valence-corrected chi connectivity index (χ1v) is 8.59. The van der Waals surface area contributed by atoms with Crippen molar-refractivity contribution >= 4 is 16.0 Å². The van der Waals surface area contributed by atoms with Gasteiger partial charge in [0.25, 0.3) is 0 Å². The van der Waals surface area contributed by atoms with Gasteiger partial charge in [0.2, 0.25) is 10.0 Å². The van der Waals surface area contributed by atoms with E-state index in [1.165, 1.54) is 45.5 Å². The van der Waals surface area contributed by atoms with Crippen molar-refractivity contribution in [2.24, 2.45) is 0 Å². The quantitative estimate of drug-likeness (QED) is 0.612. The molecule has 0 aromatic heterocycles. The third-order valence-corrected chi connectivity index (χ3v) is 5.18. The lowest BCUT2D eigenvalue weighted by Crippen LogP contribution is -2.22. The SMILES string of the molecule is COc1cc(C)ccc1OC(=O)c1cccc(S(=O)(=O)N(C)C)c1. The molecule has 0 radical (unpaired) electrons. The first-order chi connectivity index (χ1) is 11.3. The van der Waals surface area contributed by atoms with Crippen LogP contribution in [0.3, 0.4) is 0 Å². The Hall–Kier alpha value is -2.38. The molecule has 0 unspecified atom stereocenters. The lowest BCUT2D eigenvalue weighted by Gasteiger charge is -2.13. The van der Waals surface area contributed by atoms with Crippen molar-refractivity contribution in [3.63, 3.8) is 0 Å². The van der Waals surface area contributed by atoms with Crippen LogP contribution in [0.25, 0.3) is 0 Å². The first-order valence-electron chi connectivity index (χ1n) is 7.15. The number of carbonyl (C=O) groups is 1. The van der Waals surface area contributed by atoms with Crippen LogP contribution in [-0.2, 0) is 10.0 Å². The van der Waals surface area contributed by atoms with Crippen LogP contribution >= 0.6 is 0 Å². The monoisotopic (exact) mass is 349 g/mol. The van der Waals surface area contributed by atoms with E-state index in [0.717, 1.165) is 9.87 Å². The van der Waals surface area contributed by atoms with Gasteiger partial charge in [-0.1, -0.05) is 12.1 Å². The van der Waals surface area contributed by atoms with E-state index in [1.807, 2.05) is 6.92 Å². The summed E-state index contributed by atoms with van der Waals surface area (Å²) in [6.45, 7) is 1.89. The van der Waals surface area contributed by atoms with E-state index < -0.39 is 16.0 Å². The average Bonchev–Trinajstić information content (AvgIpc) is 2.56. The molecule has 0 aliphatic carbocycles. The number of hydrogen-bond donors (Lipinski definition) is 0. The van der Waals surface area contributed by atoms with Crippen molar-refractivity contribution in [3.8, 4) is 11.5 Å². The zero-order valence-corrected chi connectivity index (χ0v) is 14.8. The molecule has 0 N–H and O–H groups in total. The molecular weight excluding hydrogens is 330 g/mol. The predicted molar refractivity (Wildman–Crippen MR) is 90.0 cm³/mol. The second kappa shape index (κ2) is 7.02. The lowest BCUT2D eigenvalue weighted by atomic mass is 10.2. The Morgan fingerprint density at radius 3 is 2.38 bits per heavy atom. The highest BCUT2D eigenvalue weighted by Gasteiger charge is 2.20. The van der Waals surface area contributed by atoms with E-state index in [9.17, 15) is 13.2 Å². The van der Waals surface area contributed by atoms with Gasteiger partial charge >= 0.3 is 5.97 Å². The van der Waals surface area contributed by atoms with Gasteiger partial charge in [0.15, 0.2) is 11.5 Å². The number of nitrogens with zero attached hydrogens (tertiary/aromatic N) is 1. The Balaban J connectivity index is 2.32. The van der Waals surface area contributed by atoms with Gasteiger partial charge in [-0.05, 0) is 42.8 Å². The Kier molecular flexibility index (Phi) is 5.26. The van der Waals surface area contributed by atoms with Gasteiger partial charge < -0.3 is 9.47 Å². The average molecular weight is 349 g/mol. The number of esters is 1. The molecule has 0 heterocycles. The molecule has 2 aromatic carbocycles. The summed E-state index contributed by atoms with van der Waals surface area (Å²) in [6.07, 6.45) is 0. The number of benzene rings is 2. The van der Waals surface area contributed by atoms with Crippen molar-refractivity contribution in [3.05, 3.63) is 53.6 Å². The van der Waals surface area contributed by atoms with Crippen LogP contribution in [0, 0.1) is 6.92 Å². The van der Waals surface area contributed by atoms with Crippen LogP contribution in [0.5, 0.6) is 11.5 Å². The molecule has 6 nitrogen and oxygen atoms in total. The Labute approximate surface area is 141 Å². The van der Waals surface area contributed by atoms with Gasteiger partial charge in [-0.15, -0.1) is 0 Å². The maximum Gasteiger partial charge on any atom is 0.343 e. The fourth-order valence-electron chi connectivity index (χ4n) is 2.01. The van der Waals surface area contributed by atoms with E-state index >= 15 is 0 Å². The van der Waals surface area contributed by atoms with Gasteiger partial charge in [-0.25, -0.2) is 17.5 Å². The Morgan fingerprint density at radius 1 is 1.04 bits per heavy atom. The largest absolute Gasteiger partial charge is 0.493 e. The summed E-state index contributed by atoms with van der Waals surface area (Å²) in [6, 6.07) is 10.9. The number of ether oxygens (including phenoxy) is 2. The summed E-state index contributed by atoms with van der Waals surface area (Å²) in [5.41, 5.74) is 1.10. The topological polar surface area (TPSA) is 72.9 Å². The minimum absolute atomic E-state index is 0.0258. The summed E-state index contributed by atoms with van der Waals surface area (Å²) >= 11 is 0. The van der Waals surface area contributed by atoms with Crippen LogP contribution in [0.1, 0.15) is 15.9 Å². The highest BCUT2D eigenvalue weighted by Crippen LogP contribution is 2.28. The number of aryl methyl sites for hydroxylation is 1. The number of carbonyl (C=O) groups excluding carboxylic acids is 1. The minimum atomic E-state index is -3.62. The molecule has 0 spiro atoms. The van der Waals surface area contributed by atoms with Crippen molar-refractivity contribution in [2.45, 2.75) is 11.8 Å². The molecule has 2 rings (SSSR count). The Bertz CT molecular complexity index is 859. The summed E-state index contributed by atoms with van der Waals surface area (Å²) in [4.78, 5) is 12.4. The summed E-state index contributed by atoms with van der Waals surface area (Å²) < 4.78 is 35.9. The van der Waals surface area contributed by atoms with Gasteiger partial charge in [-0.3, -0.25) is 0 Å². The number of hydrogen-bond acceptors (Lipinski definition) is 5. The summed E-state index contributed by atoms with van der Waals surface area (Å²) in [5, 5.41) is 0. The Morgan fingerprint density at radius 2 is 1.75 bits per heavy atom. The van der Waals surface area contributed by atoms with E-state index in [4.69, 9.17) is 9.47 Å². The third-order valence-electron chi connectivity index (χ3n) is 3.37. The molecule has 0 aliphatic rings. The standard InChI is InChI=1S/C17H19NO5S/c1-12-8-9-15(16(10-12)22-4)23-17(19)13-6-5-7-14(11-13)24(20,21)18(2)3/h5-11H,1-4H3. The molecule has 0 fully saturated rings. The fourth-order valence-corrected chi connectivity index (χ4v) is 2.96. The van der Waals surface area contributed by atoms with Gasteiger partial charge in [0.1, 0.15) is 0 Å². The molecule has 128 valence electrons. The van der Waals surface area contributed by atoms with Gasteiger partial charge in [0.05, 0.1) is 17.6 Å². The van der Waals surface area contributed by atoms with E-state index in [1.54, 1.807) is 18.2 Å². The molecule has 2 aromatic rings. The van der Waals surface area contributed by atoms with E-state index in [2.05, 4.69) is 0 Å². The third kappa shape index (κ3) is 3.74. The van der Waals surface area contributed by atoms with Crippen LogP contribution in [0.15, 0.2) is 47.4 Å². The predicted octanol–water partition coefficient (Wildman–Crippen LogP) is 2.47. The maximum atomic E-state index is 12.3. The molecule has 0 amide bonds. The number of methoxy groups -OCH3 is 1. The molecule has 7 heteroatoms. The molecule has 0 aliphatic heterocycles. The highest BCUT2D eigenvalue weighted by molar-refractivity contribution is 7.89. The van der Waals surface area contributed by atoms with Crippen LogP contribution < -0.4 is 9.47 Å². The highest BCUT2D eigenvalue weighted by atomic mass is 32.2. The smallest absolute Gasteiger partial charge is 0.343 e. The fraction of sp³-hybridized carbons (Fsp3) is 0.235. The molecule has 0 saturated heterocycles. The lowest BCUT2D eigenvalue weighted by molar-refractivity contribution is 0.0729. The van der Waals surface area contributed by atoms with Crippen LogP contribution in [0.4, 0.5) is 0 Å². The minimum Gasteiger partial charge on any atom is -0.493 e. The molecule has 0 saturated carbocycles. The van der Waals surface area contributed by atoms with Gasteiger partial charge in [-0.2, -0.15) is 0 Å². The number of rotatable bonds is 5. The van der Waals surface area contributed by atoms with Gasteiger partial charge in [0, 0.05) is 14.1 Å². The van der Waals surface area contributed by atoms with Crippen molar-refractivity contribution in [1.82, 2.24) is 4.31 Å².